The summed E-state index contributed by atoms with van der Waals surface area (Å²) in [6, 6.07) is 9.81. The number of carbonyl (C=O) groups is 1. The van der Waals surface area contributed by atoms with Crippen LogP contribution in [0.25, 0.3) is 16.9 Å². The van der Waals surface area contributed by atoms with Crippen LogP contribution in [0.1, 0.15) is 40.2 Å². The molecule has 4 rings (SSSR count). The second kappa shape index (κ2) is 6.01. The summed E-state index contributed by atoms with van der Waals surface area (Å²) >= 11 is 1.55. The van der Waals surface area contributed by atoms with Gasteiger partial charge < -0.3 is 0 Å². The first kappa shape index (κ1) is 15.9. The van der Waals surface area contributed by atoms with Crippen LogP contribution >= 0.6 is 11.8 Å². The number of thioether (sulfide) groups is 1. The minimum absolute atomic E-state index is 0.0898. The van der Waals surface area contributed by atoms with Gasteiger partial charge in [0.15, 0.2) is 5.78 Å². The summed E-state index contributed by atoms with van der Waals surface area (Å²) < 4.78 is 1.93. The molecular formula is C19H16N4OS. The maximum absolute atomic E-state index is 12.4. The predicted molar refractivity (Wildman–Crippen MR) is 97.4 cm³/mol. The third kappa shape index (κ3) is 2.43. The van der Waals surface area contributed by atoms with Gasteiger partial charge in [-0.25, -0.2) is 9.97 Å². The molecule has 0 atom stereocenters. The van der Waals surface area contributed by atoms with Gasteiger partial charge in [0.1, 0.15) is 10.7 Å². The van der Waals surface area contributed by atoms with Crippen LogP contribution in [0.15, 0.2) is 29.3 Å². The molecule has 25 heavy (non-hydrogen) atoms. The molecule has 0 amide bonds. The van der Waals surface area contributed by atoms with Crippen LogP contribution in [0.2, 0.25) is 0 Å². The van der Waals surface area contributed by atoms with E-state index in [2.05, 4.69) is 11.1 Å². The van der Waals surface area contributed by atoms with E-state index in [-0.39, 0.29) is 5.78 Å². The molecule has 2 aromatic heterocycles. The van der Waals surface area contributed by atoms with Gasteiger partial charge in [0.25, 0.3) is 0 Å². The van der Waals surface area contributed by atoms with E-state index < -0.39 is 0 Å². The summed E-state index contributed by atoms with van der Waals surface area (Å²) in [7, 11) is 0. The molecule has 1 aromatic carbocycles. The molecule has 0 fully saturated rings. The van der Waals surface area contributed by atoms with E-state index in [4.69, 9.17) is 4.98 Å². The second-order valence-electron chi connectivity index (χ2n) is 6.11. The zero-order chi connectivity index (χ0) is 17.6. The fourth-order valence-electron chi connectivity index (χ4n) is 3.45. The molecule has 0 radical (unpaired) electrons. The number of hydrogen-bond acceptors (Lipinski definition) is 5. The maximum atomic E-state index is 12.4. The first-order valence-corrected chi connectivity index (χ1v) is 9.36. The van der Waals surface area contributed by atoms with Crippen LogP contribution in [0.5, 0.6) is 0 Å². The van der Waals surface area contributed by atoms with E-state index in [0.717, 1.165) is 40.0 Å². The fraction of sp³-hybridized carbons (Fsp3) is 0.263. The van der Waals surface area contributed by atoms with Gasteiger partial charge >= 0.3 is 0 Å². The highest BCUT2D eigenvalue weighted by Crippen LogP contribution is 2.31. The minimum atomic E-state index is 0.0898. The third-order valence-corrected chi connectivity index (χ3v) is 5.32. The topological polar surface area (TPSA) is 71.6 Å². The number of hydrogen-bond donors (Lipinski definition) is 0. The predicted octanol–water partition coefficient (Wildman–Crippen LogP) is 3.84. The van der Waals surface area contributed by atoms with Crippen molar-refractivity contribution in [1.29, 1.82) is 5.26 Å². The van der Waals surface area contributed by atoms with E-state index in [1.54, 1.807) is 17.8 Å². The Balaban J connectivity index is 2.02. The Hall–Kier alpha value is -2.65. The van der Waals surface area contributed by atoms with Crippen LogP contribution in [0.3, 0.4) is 0 Å². The van der Waals surface area contributed by atoms with Crippen LogP contribution in [-0.4, -0.2) is 26.6 Å². The smallest absolute Gasteiger partial charge is 0.236 e. The van der Waals surface area contributed by atoms with Crippen molar-refractivity contribution in [1.82, 2.24) is 14.5 Å². The number of carbonyl (C=O) groups excluding carboxylic acids is 1. The molecule has 0 unspecified atom stereocenters. The Morgan fingerprint density at radius 2 is 2.12 bits per heavy atom. The first-order valence-electron chi connectivity index (χ1n) is 8.13. The quantitative estimate of drug-likeness (QED) is 0.520. The zero-order valence-electron chi connectivity index (χ0n) is 14.0. The van der Waals surface area contributed by atoms with Crippen LogP contribution in [0, 0.1) is 18.3 Å². The second-order valence-corrected chi connectivity index (χ2v) is 6.90. The molecule has 124 valence electrons. The van der Waals surface area contributed by atoms with Gasteiger partial charge in [-0.15, -0.1) is 11.8 Å². The lowest BCUT2D eigenvalue weighted by molar-refractivity contribution is 0.0966. The van der Waals surface area contributed by atoms with Gasteiger partial charge in [-0.2, -0.15) is 5.26 Å². The molecule has 1 aliphatic rings. The molecule has 0 saturated heterocycles. The van der Waals surface area contributed by atoms with Gasteiger partial charge in [-0.3, -0.25) is 9.36 Å². The highest BCUT2D eigenvalue weighted by molar-refractivity contribution is 7.98. The lowest BCUT2D eigenvalue weighted by Crippen LogP contribution is -2.18. The van der Waals surface area contributed by atoms with Crippen molar-refractivity contribution < 1.29 is 4.79 Å². The summed E-state index contributed by atoms with van der Waals surface area (Å²) in [6.45, 7) is 1.96. The lowest BCUT2D eigenvalue weighted by Gasteiger charge is -2.18. The average Bonchev–Trinajstić information content (AvgIpc) is 2.97. The van der Waals surface area contributed by atoms with Crippen molar-refractivity contribution in [2.24, 2.45) is 0 Å². The van der Waals surface area contributed by atoms with E-state index >= 15 is 0 Å². The van der Waals surface area contributed by atoms with Gasteiger partial charge in [-0.05, 0) is 44.2 Å². The average molecular weight is 348 g/mol. The Labute approximate surface area is 149 Å². The van der Waals surface area contributed by atoms with Crippen molar-refractivity contribution in [3.8, 4) is 12.0 Å². The van der Waals surface area contributed by atoms with Crippen LogP contribution in [0.4, 0.5) is 0 Å². The summed E-state index contributed by atoms with van der Waals surface area (Å²) in [5, 5.41) is 11.1. The number of benzene rings is 1. The summed E-state index contributed by atoms with van der Waals surface area (Å²) in [5.74, 6) is 0.591. The minimum Gasteiger partial charge on any atom is -0.292 e. The highest BCUT2D eigenvalue weighted by atomic mass is 32.2. The molecule has 0 spiro atoms. The molecule has 6 heteroatoms. The van der Waals surface area contributed by atoms with Gasteiger partial charge in [0.05, 0.1) is 17.1 Å². The van der Waals surface area contributed by atoms with Crippen LogP contribution < -0.4 is 0 Å². The Bertz CT molecular complexity index is 1060. The number of aromatic nitrogens is 3. The van der Waals surface area contributed by atoms with E-state index in [0.29, 0.717) is 23.6 Å². The molecular weight excluding hydrogens is 332 g/mol. The first-order chi connectivity index (χ1) is 12.1. The number of nitrogens with zero attached hydrogens (tertiary/aromatic N) is 4. The number of aryl methyl sites for hydroxylation is 1. The van der Waals surface area contributed by atoms with E-state index in [1.165, 1.54) is 0 Å². The fourth-order valence-corrected chi connectivity index (χ4v) is 4.07. The van der Waals surface area contributed by atoms with Crippen molar-refractivity contribution in [3.05, 3.63) is 46.8 Å². The Kier molecular flexibility index (Phi) is 3.81. The molecule has 3 aromatic rings. The Morgan fingerprint density at radius 1 is 1.28 bits per heavy atom. The molecule has 5 nitrogen and oxygen atoms in total. The van der Waals surface area contributed by atoms with Gasteiger partial charge in [0, 0.05) is 23.1 Å². The van der Waals surface area contributed by atoms with Crippen molar-refractivity contribution in [3.63, 3.8) is 0 Å². The number of rotatable bonds is 2. The number of ketones is 1. The summed E-state index contributed by atoms with van der Waals surface area (Å²) in [6.07, 6.45) is 4.22. The lowest BCUT2D eigenvalue weighted by atomic mass is 9.96. The summed E-state index contributed by atoms with van der Waals surface area (Å²) in [5.41, 5.74) is 3.97. The van der Waals surface area contributed by atoms with E-state index in [9.17, 15) is 10.1 Å². The van der Waals surface area contributed by atoms with Gasteiger partial charge in [-0.1, -0.05) is 6.07 Å². The zero-order valence-corrected chi connectivity index (χ0v) is 14.9. The monoisotopic (exact) mass is 348 g/mol. The molecule has 0 bridgehead atoms. The molecule has 0 N–H and O–H groups in total. The molecule has 2 heterocycles. The van der Waals surface area contributed by atoms with Crippen LogP contribution in [-0.2, 0) is 6.42 Å². The molecule has 1 aliphatic carbocycles. The van der Waals surface area contributed by atoms with E-state index in [1.807, 2.05) is 35.9 Å². The van der Waals surface area contributed by atoms with Crippen molar-refractivity contribution in [2.45, 2.75) is 31.2 Å². The SMILES string of the molecule is CSc1nc(-n2c(C)cc3c(C#N)cccc32)nc2c1CCCC2=O. The third-order valence-electron chi connectivity index (χ3n) is 4.60. The summed E-state index contributed by atoms with van der Waals surface area (Å²) in [4.78, 5) is 21.7. The number of Topliss-reactive ketones (excluding diaryl/α,β-unsaturated/α-hetero) is 1. The highest BCUT2D eigenvalue weighted by Gasteiger charge is 2.25. The van der Waals surface area contributed by atoms with Gasteiger partial charge in [0.2, 0.25) is 5.95 Å². The molecule has 0 saturated carbocycles. The Morgan fingerprint density at radius 3 is 2.88 bits per heavy atom. The standard InChI is InChI=1S/C19H16N4OS/c1-11-9-14-12(10-20)5-3-7-15(14)23(11)19-21-17-13(18(22-19)25-2)6-4-8-16(17)24/h3,5,7,9H,4,6,8H2,1-2H3. The largest absolute Gasteiger partial charge is 0.292 e. The molecule has 0 aliphatic heterocycles. The van der Waals surface area contributed by atoms with Crippen molar-refractivity contribution in [2.75, 3.05) is 6.26 Å². The number of nitriles is 1. The van der Waals surface area contributed by atoms with Crippen molar-refractivity contribution >= 4 is 28.4 Å². The number of fused-ring (bicyclic) bond motifs is 2. The maximum Gasteiger partial charge on any atom is 0.236 e. The normalized spacial score (nSPS) is 13.7.